The lowest BCUT2D eigenvalue weighted by Gasteiger charge is -2.29. The maximum Gasteiger partial charge on any atom is 0.273 e. The number of rotatable bonds is 2. The lowest BCUT2D eigenvalue weighted by Crippen LogP contribution is -2.42. The molecule has 3 rings (SSSR count). The number of nitrogens with zero attached hydrogens (tertiary/aromatic N) is 2. The van der Waals surface area contributed by atoms with E-state index in [2.05, 4.69) is 4.98 Å². The summed E-state index contributed by atoms with van der Waals surface area (Å²) in [6, 6.07) is 3.77. The van der Waals surface area contributed by atoms with Gasteiger partial charge in [-0.2, -0.15) is 0 Å². The highest BCUT2D eigenvalue weighted by molar-refractivity contribution is 7.13. The highest BCUT2D eigenvalue weighted by atomic mass is 35.5. The van der Waals surface area contributed by atoms with Crippen LogP contribution in [0, 0.1) is 11.6 Å². The van der Waals surface area contributed by atoms with Crippen molar-refractivity contribution >= 4 is 29.7 Å². The number of halogens is 3. The van der Waals surface area contributed by atoms with Crippen LogP contribution in [0.5, 0.6) is 0 Å². The van der Waals surface area contributed by atoms with Gasteiger partial charge < -0.3 is 10.6 Å². The second-order valence-corrected chi connectivity index (χ2v) is 6.12. The van der Waals surface area contributed by atoms with E-state index < -0.39 is 11.6 Å². The second-order valence-electron chi connectivity index (χ2n) is 5.26. The van der Waals surface area contributed by atoms with Crippen LogP contribution >= 0.6 is 23.7 Å². The Morgan fingerprint density at radius 2 is 1.87 bits per heavy atom. The van der Waals surface area contributed by atoms with E-state index in [1.54, 1.807) is 4.90 Å². The quantitative estimate of drug-likeness (QED) is 0.896. The second kappa shape index (κ2) is 7.33. The van der Waals surface area contributed by atoms with Crippen LogP contribution in [0.15, 0.2) is 23.6 Å². The first-order chi connectivity index (χ1) is 10.6. The van der Waals surface area contributed by atoms with E-state index in [0.717, 1.165) is 24.2 Å². The molecular formula is C15H16ClF2N3OS. The normalized spacial score (nSPS) is 15.3. The molecule has 1 saturated heterocycles. The molecule has 0 atom stereocenters. The van der Waals surface area contributed by atoms with Crippen molar-refractivity contribution in [3.05, 3.63) is 40.9 Å². The summed E-state index contributed by atoms with van der Waals surface area (Å²) >= 11 is 1.06. The van der Waals surface area contributed by atoms with Gasteiger partial charge >= 0.3 is 0 Å². The zero-order valence-corrected chi connectivity index (χ0v) is 13.8. The van der Waals surface area contributed by atoms with Crippen LogP contribution in [0.25, 0.3) is 10.6 Å². The molecule has 2 N–H and O–H groups in total. The average molecular weight is 360 g/mol. The van der Waals surface area contributed by atoms with Gasteiger partial charge in [0.05, 0.1) is 5.56 Å². The number of hydrogen-bond donors (Lipinski definition) is 1. The van der Waals surface area contributed by atoms with Gasteiger partial charge in [-0.15, -0.1) is 23.7 Å². The molecule has 0 spiro atoms. The maximum absolute atomic E-state index is 13.8. The van der Waals surface area contributed by atoms with Crippen molar-refractivity contribution in [1.29, 1.82) is 0 Å². The summed E-state index contributed by atoms with van der Waals surface area (Å²) in [6.07, 6.45) is 1.51. The standard InChI is InChI=1S/C15H15F2N3OS.ClH/c16-10-2-1-3-11(17)13(10)14-19-12(8-22-14)15(21)20-6-4-9(18)5-7-20;/h1-3,8-9H,4-7,18H2;1H. The van der Waals surface area contributed by atoms with Crippen LogP contribution in [-0.4, -0.2) is 34.9 Å². The molecule has 0 bridgehead atoms. The number of nitrogens with two attached hydrogens (primary N) is 1. The van der Waals surface area contributed by atoms with Gasteiger partial charge in [0.25, 0.3) is 5.91 Å². The third-order valence-electron chi connectivity index (χ3n) is 3.73. The van der Waals surface area contributed by atoms with E-state index in [9.17, 15) is 13.6 Å². The summed E-state index contributed by atoms with van der Waals surface area (Å²) in [5.41, 5.74) is 5.85. The Balaban J connectivity index is 0.00000192. The molecule has 2 heterocycles. The molecule has 0 unspecified atom stereocenters. The van der Waals surface area contributed by atoms with Crippen LogP contribution < -0.4 is 5.73 Å². The Hall–Kier alpha value is -1.57. The number of likely N-dealkylation sites (tertiary alicyclic amines) is 1. The molecule has 1 aliphatic rings. The molecule has 124 valence electrons. The van der Waals surface area contributed by atoms with Gasteiger partial charge in [-0.1, -0.05) is 6.07 Å². The molecule has 4 nitrogen and oxygen atoms in total. The number of thiazole rings is 1. The van der Waals surface area contributed by atoms with Crippen molar-refractivity contribution in [2.75, 3.05) is 13.1 Å². The van der Waals surface area contributed by atoms with E-state index in [4.69, 9.17) is 5.73 Å². The Labute approximate surface area is 142 Å². The molecule has 1 aliphatic heterocycles. The highest BCUT2D eigenvalue weighted by Crippen LogP contribution is 2.29. The monoisotopic (exact) mass is 359 g/mol. The molecule has 8 heteroatoms. The zero-order valence-electron chi connectivity index (χ0n) is 12.2. The van der Waals surface area contributed by atoms with E-state index >= 15 is 0 Å². The average Bonchev–Trinajstić information content (AvgIpc) is 2.97. The van der Waals surface area contributed by atoms with Gasteiger partial charge in [0, 0.05) is 24.5 Å². The topological polar surface area (TPSA) is 59.2 Å². The molecule has 23 heavy (non-hydrogen) atoms. The van der Waals surface area contributed by atoms with Crippen molar-refractivity contribution < 1.29 is 13.6 Å². The molecule has 2 aromatic rings. The van der Waals surface area contributed by atoms with E-state index in [1.165, 1.54) is 23.6 Å². The largest absolute Gasteiger partial charge is 0.337 e. The van der Waals surface area contributed by atoms with Gasteiger partial charge in [0.1, 0.15) is 22.3 Å². The molecule has 0 aliphatic carbocycles. The first-order valence-electron chi connectivity index (χ1n) is 7.01. The van der Waals surface area contributed by atoms with Crippen molar-refractivity contribution in [1.82, 2.24) is 9.88 Å². The number of hydrogen-bond acceptors (Lipinski definition) is 4. The minimum absolute atomic E-state index is 0. The molecule has 1 fully saturated rings. The van der Waals surface area contributed by atoms with Gasteiger partial charge in [0.15, 0.2) is 0 Å². The maximum atomic E-state index is 13.8. The Morgan fingerprint density at radius 3 is 2.48 bits per heavy atom. The molecule has 0 radical (unpaired) electrons. The minimum Gasteiger partial charge on any atom is -0.337 e. The first-order valence-corrected chi connectivity index (χ1v) is 7.89. The summed E-state index contributed by atoms with van der Waals surface area (Å²) in [5, 5.41) is 1.71. The van der Waals surface area contributed by atoms with E-state index in [0.29, 0.717) is 13.1 Å². The summed E-state index contributed by atoms with van der Waals surface area (Å²) in [7, 11) is 0. The van der Waals surface area contributed by atoms with Crippen molar-refractivity contribution in [2.24, 2.45) is 5.73 Å². The van der Waals surface area contributed by atoms with Crippen LogP contribution in [0.3, 0.4) is 0 Å². The predicted molar refractivity (Wildman–Crippen MR) is 87.8 cm³/mol. The number of amides is 1. The van der Waals surface area contributed by atoms with Gasteiger partial charge in [-0.25, -0.2) is 13.8 Å². The first kappa shape index (κ1) is 17.8. The third-order valence-corrected chi connectivity index (χ3v) is 4.59. The fourth-order valence-corrected chi connectivity index (χ4v) is 3.29. The molecule has 1 aromatic carbocycles. The number of carbonyl (C=O) groups excluding carboxylic acids is 1. The fourth-order valence-electron chi connectivity index (χ4n) is 2.45. The van der Waals surface area contributed by atoms with Gasteiger partial charge in [0.2, 0.25) is 0 Å². The van der Waals surface area contributed by atoms with E-state index in [-0.39, 0.29) is 40.6 Å². The summed E-state index contributed by atoms with van der Waals surface area (Å²) < 4.78 is 27.5. The number of carbonyl (C=O) groups is 1. The summed E-state index contributed by atoms with van der Waals surface area (Å²) in [4.78, 5) is 18.2. The number of benzene rings is 1. The molecule has 1 amide bonds. The lowest BCUT2D eigenvalue weighted by atomic mass is 10.1. The smallest absolute Gasteiger partial charge is 0.273 e. The number of piperidine rings is 1. The van der Waals surface area contributed by atoms with Crippen LogP contribution in [0.1, 0.15) is 23.3 Å². The van der Waals surface area contributed by atoms with Crippen LogP contribution in [-0.2, 0) is 0 Å². The van der Waals surface area contributed by atoms with Crippen molar-refractivity contribution in [3.63, 3.8) is 0 Å². The third kappa shape index (κ3) is 3.68. The Morgan fingerprint density at radius 1 is 1.26 bits per heavy atom. The zero-order chi connectivity index (χ0) is 15.7. The van der Waals surface area contributed by atoms with E-state index in [1.807, 2.05) is 0 Å². The fraction of sp³-hybridized carbons (Fsp3) is 0.333. The van der Waals surface area contributed by atoms with Crippen LogP contribution in [0.2, 0.25) is 0 Å². The van der Waals surface area contributed by atoms with Crippen molar-refractivity contribution in [2.45, 2.75) is 18.9 Å². The minimum atomic E-state index is -0.683. The molecule has 0 saturated carbocycles. The lowest BCUT2D eigenvalue weighted by molar-refractivity contribution is 0.0709. The molecule has 1 aromatic heterocycles. The van der Waals surface area contributed by atoms with Gasteiger partial charge in [-0.05, 0) is 25.0 Å². The Bertz CT molecular complexity index is 682. The summed E-state index contributed by atoms with van der Waals surface area (Å²) in [5.74, 6) is -1.58. The Kier molecular flexibility index (Phi) is 5.67. The number of aromatic nitrogens is 1. The van der Waals surface area contributed by atoms with Crippen molar-refractivity contribution in [3.8, 4) is 10.6 Å². The SMILES string of the molecule is Cl.NC1CCN(C(=O)c2csc(-c3c(F)cccc3F)n2)CC1. The summed E-state index contributed by atoms with van der Waals surface area (Å²) in [6.45, 7) is 1.17. The highest BCUT2D eigenvalue weighted by Gasteiger charge is 2.24. The predicted octanol–water partition coefficient (Wildman–Crippen LogP) is 3.07. The van der Waals surface area contributed by atoms with Crippen LogP contribution in [0.4, 0.5) is 8.78 Å². The van der Waals surface area contributed by atoms with Gasteiger partial charge in [-0.3, -0.25) is 4.79 Å². The molecular weight excluding hydrogens is 344 g/mol.